The average molecular weight is 249 g/mol. The van der Waals surface area contributed by atoms with Crippen LogP contribution in [-0.4, -0.2) is 20.9 Å². The molecule has 1 heterocycles. The summed E-state index contributed by atoms with van der Waals surface area (Å²) in [5.41, 5.74) is 13.2. The third kappa shape index (κ3) is 3.67. The predicted molar refractivity (Wildman–Crippen MR) is 70.7 cm³/mol. The molecule has 0 aliphatic heterocycles. The molecule has 0 unspecified atom stereocenters. The zero-order valence-corrected chi connectivity index (χ0v) is 10.2. The molecule has 0 aliphatic carbocycles. The van der Waals surface area contributed by atoms with Gasteiger partial charge in [0.25, 0.3) is 0 Å². The third-order valence-corrected chi connectivity index (χ3v) is 3.24. The van der Waals surface area contributed by atoms with E-state index in [9.17, 15) is 0 Å². The van der Waals surface area contributed by atoms with Gasteiger partial charge in [0.15, 0.2) is 0 Å². The average Bonchev–Trinajstić information content (AvgIpc) is 2.73. The van der Waals surface area contributed by atoms with Crippen molar-refractivity contribution in [3.63, 3.8) is 0 Å². The number of thioether (sulfide) groups is 1. The normalized spacial score (nSPS) is 10.6. The molecule has 0 saturated heterocycles. The highest BCUT2D eigenvalue weighted by atomic mass is 32.2. The van der Waals surface area contributed by atoms with Crippen LogP contribution in [0.1, 0.15) is 12.0 Å². The van der Waals surface area contributed by atoms with Gasteiger partial charge in [0.2, 0.25) is 11.1 Å². The maximum absolute atomic E-state index is 5.62. The number of H-pyrrole nitrogens is 1. The van der Waals surface area contributed by atoms with Crippen molar-refractivity contribution in [1.29, 1.82) is 0 Å². The molecule has 5 N–H and O–H groups in total. The Morgan fingerprint density at radius 2 is 1.94 bits per heavy atom. The molecule has 6 heteroatoms. The molecule has 2 aromatic rings. The number of aryl methyl sites for hydroxylation is 1. The van der Waals surface area contributed by atoms with Gasteiger partial charge in [0.1, 0.15) is 0 Å². The molecule has 2 rings (SSSR count). The fourth-order valence-electron chi connectivity index (χ4n) is 1.45. The molecule has 17 heavy (non-hydrogen) atoms. The first kappa shape index (κ1) is 11.8. The number of aromatic amines is 1. The summed E-state index contributed by atoms with van der Waals surface area (Å²) < 4.78 is 0. The predicted octanol–water partition coefficient (Wildman–Crippen LogP) is 1.69. The van der Waals surface area contributed by atoms with E-state index in [1.54, 1.807) is 11.8 Å². The van der Waals surface area contributed by atoms with Crippen LogP contribution < -0.4 is 11.5 Å². The topological polar surface area (TPSA) is 93.6 Å². The standard InChI is InChI=1S/C11H15N5S/c12-9-5-3-8(4-6-9)2-1-7-17-11-14-10(13)15-16-11/h3-6H,1-2,7,12H2,(H3,13,14,15,16). The monoisotopic (exact) mass is 249 g/mol. The quantitative estimate of drug-likeness (QED) is 0.426. The molecule has 0 spiro atoms. The van der Waals surface area contributed by atoms with Gasteiger partial charge in [-0.15, -0.1) is 5.10 Å². The van der Waals surface area contributed by atoms with Crippen LogP contribution >= 0.6 is 11.8 Å². The molecule has 0 atom stereocenters. The number of nitrogens with one attached hydrogen (secondary N) is 1. The second-order valence-electron chi connectivity index (χ2n) is 3.70. The minimum atomic E-state index is 0.367. The van der Waals surface area contributed by atoms with Crippen molar-refractivity contribution in [1.82, 2.24) is 15.2 Å². The smallest absolute Gasteiger partial charge is 0.216 e. The SMILES string of the molecule is Nc1ccc(CCCSc2n[nH]c(N)n2)cc1. The molecule has 0 amide bonds. The van der Waals surface area contributed by atoms with E-state index in [1.165, 1.54) is 5.56 Å². The number of hydrogen-bond acceptors (Lipinski definition) is 5. The fraction of sp³-hybridized carbons (Fsp3) is 0.273. The van der Waals surface area contributed by atoms with Crippen LogP contribution in [-0.2, 0) is 6.42 Å². The van der Waals surface area contributed by atoms with Gasteiger partial charge >= 0.3 is 0 Å². The summed E-state index contributed by atoms with van der Waals surface area (Å²) in [6, 6.07) is 7.98. The van der Waals surface area contributed by atoms with Gasteiger partial charge in [-0.2, -0.15) is 4.98 Å². The first-order chi connectivity index (χ1) is 8.24. The summed E-state index contributed by atoms with van der Waals surface area (Å²) in [5, 5.41) is 7.28. The fourth-order valence-corrected chi connectivity index (χ4v) is 2.19. The van der Waals surface area contributed by atoms with E-state index in [0.717, 1.165) is 24.3 Å². The zero-order valence-electron chi connectivity index (χ0n) is 9.39. The Kier molecular flexibility index (Phi) is 3.87. The maximum Gasteiger partial charge on any atom is 0.216 e. The van der Waals surface area contributed by atoms with Gasteiger partial charge in [0.05, 0.1) is 0 Å². The highest BCUT2D eigenvalue weighted by Crippen LogP contribution is 2.15. The lowest BCUT2D eigenvalue weighted by Gasteiger charge is -2.00. The largest absolute Gasteiger partial charge is 0.399 e. The number of anilines is 2. The molecule has 0 bridgehead atoms. The minimum absolute atomic E-state index is 0.367. The summed E-state index contributed by atoms with van der Waals surface area (Å²) in [5.74, 6) is 1.34. The van der Waals surface area contributed by atoms with Crippen molar-refractivity contribution in [2.24, 2.45) is 0 Å². The number of nitrogens with zero attached hydrogens (tertiary/aromatic N) is 2. The van der Waals surface area contributed by atoms with Crippen molar-refractivity contribution in [2.45, 2.75) is 18.0 Å². The minimum Gasteiger partial charge on any atom is -0.399 e. The van der Waals surface area contributed by atoms with Crippen LogP contribution in [0.15, 0.2) is 29.4 Å². The molecule has 1 aromatic heterocycles. The second-order valence-corrected chi connectivity index (χ2v) is 4.76. The van der Waals surface area contributed by atoms with Gasteiger partial charge in [-0.25, -0.2) is 5.10 Å². The van der Waals surface area contributed by atoms with Crippen LogP contribution in [0, 0.1) is 0 Å². The van der Waals surface area contributed by atoms with Crippen LogP contribution in [0.2, 0.25) is 0 Å². The van der Waals surface area contributed by atoms with Crippen LogP contribution in [0.5, 0.6) is 0 Å². The van der Waals surface area contributed by atoms with E-state index in [4.69, 9.17) is 11.5 Å². The number of nitrogens with two attached hydrogens (primary N) is 2. The van der Waals surface area contributed by atoms with E-state index in [1.807, 2.05) is 12.1 Å². The first-order valence-corrected chi connectivity index (χ1v) is 6.38. The van der Waals surface area contributed by atoms with E-state index < -0.39 is 0 Å². The molecule has 0 aliphatic rings. The van der Waals surface area contributed by atoms with Gasteiger partial charge in [-0.1, -0.05) is 23.9 Å². The van der Waals surface area contributed by atoms with Crippen molar-refractivity contribution in [2.75, 3.05) is 17.2 Å². The Labute approximate surface area is 104 Å². The zero-order chi connectivity index (χ0) is 12.1. The second kappa shape index (κ2) is 5.58. The Morgan fingerprint density at radius 3 is 2.59 bits per heavy atom. The Bertz CT molecular complexity index is 465. The first-order valence-electron chi connectivity index (χ1n) is 5.39. The molecular weight excluding hydrogens is 234 g/mol. The summed E-state index contributed by atoms with van der Waals surface area (Å²) in [7, 11) is 0. The number of benzene rings is 1. The highest BCUT2D eigenvalue weighted by Gasteiger charge is 2.00. The van der Waals surface area contributed by atoms with E-state index >= 15 is 0 Å². The lowest BCUT2D eigenvalue weighted by molar-refractivity contribution is 0.921. The number of nitrogen functional groups attached to an aromatic ring is 2. The molecule has 1 aromatic carbocycles. The summed E-state index contributed by atoms with van der Waals surface area (Å²) in [6.07, 6.45) is 2.11. The van der Waals surface area contributed by atoms with Crippen molar-refractivity contribution < 1.29 is 0 Å². The molecule has 0 saturated carbocycles. The van der Waals surface area contributed by atoms with Crippen molar-refractivity contribution in [3.05, 3.63) is 29.8 Å². The third-order valence-electron chi connectivity index (χ3n) is 2.30. The summed E-state index contributed by atoms with van der Waals surface area (Å²) in [6.45, 7) is 0. The highest BCUT2D eigenvalue weighted by molar-refractivity contribution is 7.99. The lowest BCUT2D eigenvalue weighted by Crippen LogP contribution is -1.90. The molecular formula is C11H15N5S. The maximum atomic E-state index is 5.62. The Hall–Kier alpha value is -1.69. The van der Waals surface area contributed by atoms with E-state index in [0.29, 0.717) is 11.1 Å². The van der Waals surface area contributed by atoms with Crippen molar-refractivity contribution >= 4 is 23.4 Å². The van der Waals surface area contributed by atoms with Gasteiger partial charge in [0, 0.05) is 11.4 Å². The molecule has 0 fully saturated rings. The van der Waals surface area contributed by atoms with Crippen molar-refractivity contribution in [3.8, 4) is 0 Å². The van der Waals surface area contributed by atoms with E-state index in [2.05, 4.69) is 27.3 Å². The van der Waals surface area contributed by atoms with E-state index in [-0.39, 0.29) is 0 Å². The van der Waals surface area contributed by atoms with Crippen LogP contribution in [0.25, 0.3) is 0 Å². The Morgan fingerprint density at radius 1 is 1.18 bits per heavy atom. The van der Waals surface area contributed by atoms with Gasteiger partial charge in [-0.3, -0.25) is 0 Å². The molecule has 0 radical (unpaired) electrons. The number of aromatic nitrogens is 3. The molecule has 5 nitrogen and oxygen atoms in total. The molecule has 90 valence electrons. The Balaban J connectivity index is 1.71. The number of rotatable bonds is 5. The van der Waals surface area contributed by atoms with Gasteiger partial charge < -0.3 is 11.5 Å². The van der Waals surface area contributed by atoms with Crippen LogP contribution in [0.3, 0.4) is 0 Å². The van der Waals surface area contributed by atoms with Crippen LogP contribution in [0.4, 0.5) is 11.6 Å². The summed E-state index contributed by atoms with van der Waals surface area (Å²) >= 11 is 1.61. The lowest BCUT2D eigenvalue weighted by atomic mass is 10.1. The number of hydrogen-bond donors (Lipinski definition) is 3. The van der Waals surface area contributed by atoms with Gasteiger partial charge in [-0.05, 0) is 30.5 Å². The summed E-state index contributed by atoms with van der Waals surface area (Å²) in [4.78, 5) is 4.02.